The van der Waals surface area contributed by atoms with Crippen molar-refractivity contribution in [2.75, 3.05) is 6.54 Å². The minimum absolute atomic E-state index is 0.146. The summed E-state index contributed by atoms with van der Waals surface area (Å²) in [7, 11) is 0. The van der Waals surface area contributed by atoms with E-state index in [2.05, 4.69) is 11.7 Å². The van der Waals surface area contributed by atoms with E-state index in [0.717, 1.165) is 0 Å². The number of carboxylic acid groups (broad SMARTS) is 1. The molecule has 1 N–H and O–H groups in total. The topological polar surface area (TPSA) is 75.7 Å². The highest BCUT2D eigenvalue weighted by Gasteiger charge is 2.07. The summed E-state index contributed by atoms with van der Waals surface area (Å²) in [6.07, 6.45) is 0. The first kappa shape index (κ1) is 10.6. The highest BCUT2D eigenvalue weighted by atomic mass is 16.5. The quantitative estimate of drug-likeness (QED) is 0.228. The maximum Gasteiger partial charge on any atom is 0.360 e. The van der Waals surface area contributed by atoms with Crippen molar-refractivity contribution in [2.24, 2.45) is 11.0 Å². The van der Waals surface area contributed by atoms with Crippen LogP contribution in [-0.4, -0.2) is 22.5 Å². The van der Waals surface area contributed by atoms with Gasteiger partial charge in [-0.3, -0.25) is 0 Å². The Morgan fingerprint density at radius 2 is 2.25 bits per heavy atom. The van der Waals surface area contributed by atoms with Crippen LogP contribution in [0.4, 0.5) is 0 Å². The lowest BCUT2D eigenvalue weighted by atomic mass is 10.2. The maximum atomic E-state index is 10.8. The summed E-state index contributed by atoms with van der Waals surface area (Å²) >= 11 is 0. The Kier molecular flexibility index (Phi) is 3.96. The third kappa shape index (κ3) is 4.43. The zero-order valence-corrected chi connectivity index (χ0v) is 7.15. The first-order valence-corrected chi connectivity index (χ1v) is 3.52. The van der Waals surface area contributed by atoms with Gasteiger partial charge in [0.15, 0.2) is 6.54 Å². The molecule has 0 aliphatic heterocycles. The molecular formula is C7H12N2O3. The van der Waals surface area contributed by atoms with Gasteiger partial charge in [-0.05, 0) is 0 Å². The lowest BCUT2D eigenvalue weighted by Gasteiger charge is -2.02. The van der Waals surface area contributed by atoms with Crippen molar-refractivity contribution in [3.63, 3.8) is 0 Å². The van der Waals surface area contributed by atoms with Gasteiger partial charge in [-0.2, -0.15) is 0 Å². The molecule has 68 valence electrons. The number of carbonyl (C=O) groups is 1. The molecule has 5 nitrogen and oxygen atoms in total. The predicted octanol–water partition coefficient (Wildman–Crippen LogP) is 1.20. The molecule has 0 amide bonds. The Morgan fingerprint density at radius 1 is 1.75 bits per heavy atom. The fourth-order valence-corrected chi connectivity index (χ4v) is 0.531. The van der Waals surface area contributed by atoms with E-state index in [1.54, 1.807) is 0 Å². The van der Waals surface area contributed by atoms with E-state index in [4.69, 9.17) is 5.11 Å². The second-order valence-corrected chi connectivity index (χ2v) is 2.78. The molecule has 0 saturated carbocycles. The molecule has 0 bridgehead atoms. The fourth-order valence-electron chi connectivity index (χ4n) is 0.531. The number of hydrogen-bond acceptors (Lipinski definition) is 3. The van der Waals surface area contributed by atoms with Gasteiger partial charge in [-0.15, -0.1) is 0 Å². The van der Waals surface area contributed by atoms with Crippen molar-refractivity contribution in [3.8, 4) is 0 Å². The summed E-state index contributed by atoms with van der Waals surface area (Å²) in [5.74, 6) is -1.13. The zero-order valence-electron chi connectivity index (χ0n) is 7.15. The van der Waals surface area contributed by atoms with Gasteiger partial charge in [0.2, 0.25) is 5.70 Å². The van der Waals surface area contributed by atoms with E-state index in [9.17, 15) is 10.0 Å². The van der Waals surface area contributed by atoms with Crippen LogP contribution in [0, 0.1) is 11.1 Å². The summed E-state index contributed by atoms with van der Waals surface area (Å²) < 4.78 is 0. The van der Waals surface area contributed by atoms with E-state index < -0.39 is 11.7 Å². The summed E-state index contributed by atoms with van der Waals surface area (Å²) in [5.41, 5.74) is -0.439. The molecule has 0 aromatic carbocycles. The molecule has 0 fully saturated rings. The molecule has 0 aromatic heterocycles. The van der Waals surface area contributed by atoms with Gasteiger partial charge in [0, 0.05) is 11.0 Å². The number of carboxylic acids is 1. The average molecular weight is 173 g/mol. The summed E-state index contributed by atoms with van der Waals surface area (Å²) in [4.78, 5) is 10.5. The van der Waals surface area contributed by atoms with E-state index >= 15 is 0 Å². The average Bonchev–Trinajstić information content (AvgIpc) is 1.84. The number of hydrogen-bond donors (Lipinski definition) is 1. The highest BCUT2D eigenvalue weighted by Crippen LogP contribution is 1.97. The molecule has 0 unspecified atom stereocenters. The predicted molar refractivity (Wildman–Crippen MR) is 42.5 cm³/mol. The molecular weight excluding hydrogens is 161 g/mol. The van der Waals surface area contributed by atoms with Crippen molar-refractivity contribution >= 4 is 5.97 Å². The molecule has 0 radical (unpaired) electrons. The Hall–Kier alpha value is -1.39. The first-order chi connectivity index (χ1) is 5.43. The van der Waals surface area contributed by atoms with Crippen LogP contribution in [0.25, 0.3) is 0 Å². The number of hydroxylamine groups is 1. The molecule has 0 aliphatic carbocycles. The third-order valence-electron chi connectivity index (χ3n) is 1.00. The number of nitrogens with zero attached hydrogens (tertiary/aromatic N) is 2. The Labute approximate surface area is 70.6 Å². The lowest BCUT2D eigenvalue weighted by molar-refractivity contribution is -0.532. The SMILES string of the molecule is C=C(N=[N+]([O-])CC(C)C)[13C](=O)O. The van der Waals surface area contributed by atoms with E-state index in [-0.39, 0.29) is 12.5 Å². The van der Waals surface area contributed by atoms with Crippen molar-refractivity contribution in [1.29, 1.82) is 0 Å². The second kappa shape index (κ2) is 4.48. The number of aliphatic carboxylic acids is 1. The Bertz CT molecular complexity index is 221. The Balaban J connectivity index is 4.16. The fraction of sp³-hybridized carbons (Fsp3) is 0.571. The van der Waals surface area contributed by atoms with E-state index in [0.29, 0.717) is 4.86 Å². The normalized spacial score (nSPS) is 11.8. The molecule has 0 heterocycles. The van der Waals surface area contributed by atoms with Crippen LogP contribution in [0.2, 0.25) is 0 Å². The molecule has 0 aromatic rings. The van der Waals surface area contributed by atoms with Crippen molar-refractivity contribution < 1.29 is 14.8 Å². The van der Waals surface area contributed by atoms with Gasteiger partial charge >= 0.3 is 5.97 Å². The van der Waals surface area contributed by atoms with Crippen LogP contribution >= 0.6 is 0 Å². The maximum absolute atomic E-state index is 10.8. The number of azo groups is 1. The largest absolute Gasteiger partial charge is 0.600 e. The summed E-state index contributed by atoms with van der Waals surface area (Å²) in [6, 6.07) is 0. The van der Waals surface area contributed by atoms with Crippen LogP contribution in [0.15, 0.2) is 17.4 Å². The van der Waals surface area contributed by atoms with Crippen LogP contribution in [0.5, 0.6) is 0 Å². The van der Waals surface area contributed by atoms with Gasteiger partial charge in [0.05, 0.1) is 0 Å². The smallest absolute Gasteiger partial charge is 0.360 e. The van der Waals surface area contributed by atoms with Gasteiger partial charge in [0.25, 0.3) is 0 Å². The molecule has 0 atom stereocenters. The van der Waals surface area contributed by atoms with Gasteiger partial charge in [-0.1, -0.05) is 25.3 Å². The standard InChI is InChI=1S/C7H12N2O3/c1-5(2)4-9(12)8-6(3)7(10)11/h5H,3-4H2,1-2H3,(H,10,11)/i7+1. The van der Waals surface area contributed by atoms with Crippen molar-refractivity contribution in [3.05, 3.63) is 17.5 Å². The van der Waals surface area contributed by atoms with Crippen molar-refractivity contribution in [1.82, 2.24) is 0 Å². The summed E-state index contributed by atoms with van der Waals surface area (Å²) in [6.45, 7) is 6.94. The minimum Gasteiger partial charge on any atom is -0.600 e. The van der Waals surface area contributed by atoms with Crippen molar-refractivity contribution in [2.45, 2.75) is 13.8 Å². The molecule has 0 aliphatic rings. The third-order valence-corrected chi connectivity index (χ3v) is 1.00. The molecule has 5 heteroatoms. The van der Waals surface area contributed by atoms with Gasteiger partial charge < -0.3 is 10.3 Å². The van der Waals surface area contributed by atoms with E-state index in [1.807, 2.05) is 13.8 Å². The highest BCUT2D eigenvalue weighted by molar-refractivity contribution is 5.84. The molecule has 0 spiro atoms. The van der Waals surface area contributed by atoms with Crippen LogP contribution in [-0.2, 0) is 4.79 Å². The Morgan fingerprint density at radius 3 is 2.58 bits per heavy atom. The lowest BCUT2D eigenvalue weighted by Crippen LogP contribution is -2.10. The van der Waals surface area contributed by atoms with Crippen LogP contribution < -0.4 is 0 Å². The van der Waals surface area contributed by atoms with Crippen LogP contribution in [0.3, 0.4) is 0 Å². The monoisotopic (exact) mass is 173 g/mol. The number of rotatable bonds is 4. The van der Waals surface area contributed by atoms with E-state index in [1.165, 1.54) is 0 Å². The molecule has 12 heavy (non-hydrogen) atoms. The first-order valence-electron chi connectivity index (χ1n) is 3.52. The molecule has 0 rings (SSSR count). The zero-order chi connectivity index (χ0) is 9.72. The second-order valence-electron chi connectivity index (χ2n) is 2.78. The van der Waals surface area contributed by atoms with Gasteiger partial charge in [-0.25, -0.2) is 4.79 Å². The van der Waals surface area contributed by atoms with Gasteiger partial charge in [0.1, 0.15) is 0 Å². The molecule has 0 saturated heterocycles. The summed E-state index contributed by atoms with van der Waals surface area (Å²) in [5, 5.41) is 22.3. The minimum atomic E-state index is -1.28. The van der Waals surface area contributed by atoms with Crippen LogP contribution in [0.1, 0.15) is 13.8 Å².